The Morgan fingerprint density at radius 2 is 1.50 bits per heavy atom. The van der Waals surface area contributed by atoms with Crippen molar-refractivity contribution in [2.24, 2.45) is 0 Å². The Balaban J connectivity index is 2.16. The minimum Gasteiger partial charge on any atom is -0.456 e. The van der Waals surface area contributed by atoms with Crippen LogP contribution in [-0.2, 0) is 44.7 Å². The minimum absolute atomic E-state index is 0.0608. The van der Waals surface area contributed by atoms with Crippen LogP contribution in [-0.4, -0.2) is 49.1 Å². The van der Waals surface area contributed by atoms with Gasteiger partial charge in [-0.15, -0.1) is 0 Å². The molecule has 0 aromatic heterocycles. The number of ether oxygens (including phenoxy) is 5. The molecule has 1 saturated heterocycles. The smallest absolute Gasteiger partial charge is 0.303 e. The summed E-state index contributed by atoms with van der Waals surface area (Å²) in [5.74, 6) is -1.78. The molecular weight excluding hydrogens is 344 g/mol. The number of carbonyl (C=O) groups excluding carboxylic acids is 3. The summed E-state index contributed by atoms with van der Waals surface area (Å²) in [7, 11) is 0. The molecule has 8 heteroatoms. The van der Waals surface area contributed by atoms with Crippen molar-refractivity contribution in [2.75, 3.05) is 6.61 Å². The van der Waals surface area contributed by atoms with Gasteiger partial charge in [-0.25, -0.2) is 0 Å². The van der Waals surface area contributed by atoms with Gasteiger partial charge < -0.3 is 23.7 Å². The van der Waals surface area contributed by atoms with Gasteiger partial charge in [0.25, 0.3) is 0 Å². The van der Waals surface area contributed by atoms with Crippen molar-refractivity contribution in [3.8, 4) is 0 Å². The molecule has 0 amide bonds. The van der Waals surface area contributed by atoms with Gasteiger partial charge in [-0.2, -0.15) is 0 Å². The first-order valence-electron chi connectivity index (χ1n) is 8.15. The Kier molecular flexibility index (Phi) is 7.11. The van der Waals surface area contributed by atoms with E-state index in [1.807, 2.05) is 30.3 Å². The van der Waals surface area contributed by atoms with E-state index in [0.717, 1.165) is 5.56 Å². The molecule has 0 spiro atoms. The Morgan fingerprint density at radius 1 is 0.923 bits per heavy atom. The molecule has 1 fully saturated rings. The van der Waals surface area contributed by atoms with Crippen molar-refractivity contribution in [1.29, 1.82) is 0 Å². The lowest BCUT2D eigenvalue weighted by atomic mass is 10.0. The number of carbonyl (C=O) groups is 3. The number of hydrogen-bond acceptors (Lipinski definition) is 8. The van der Waals surface area contributed by atoms with Crippen molar-refractivity contribution in [3.05, 3.63) is 35.9 Å². The second-order valence-electron chi connectivity index (χ2n) is 5.79. The van der Waals surface area contributed by atoms with Gasteiger partial charge in [0.2, 0.25) is 0 Å². The highest BCUT2D eigenvalue weighted by Gasteiger charge is 2.47. The average Bonchev–Trinajstić information content (AvgIpc) is 2.56. The predicted octanol–water partition coefficient (Wildman–Crippen LogP) is 1.35. The van der Waals surface area contributed by atoms with Crippen LogP contribution in [0.1, 0.15) is 26.3 Å². The van der Waals surface area contributed by atoms with Gasteiger partial charge in [0.1, 0.15) is 0 Å². The van der Waals surface area contributed by atoms with E-state index in [-0.39, 0.29) is 13.2 Å². The fraction of sp³-hybridized carbons (Fsp3) is 0.500. The van der Waals surface area contributed by atoms with Crippen LogP contribution >= 0.6 is 0 Å². The minimum atomic E-state index is -1.07. The van der Waals surface area contributed by atoms with Crippen LogP contribution in [0.5, 0.6) is 0 Å². The summed E-state index contributed by atoms with van der Waals surface area (Å²) >= 11 is 0. The van der Waals surface area contributed by atoms with E-state index < -0.39 is 42.5 Å². The molecule has 0 aliphatic carbocycles. The Bertz CT molecular complexity index is 629. The van der Waals surface area contributed by atoms with Gasteiger partial charge in [0.15, 0.2) is 24.6 Å². The standard InChI is InChI=1S/C18H22O8/c1-11(19)24-15-10-23-18(22-9-14-7-5-4-6-8-14)17(26-13(3)21)16(15)25-12(2)20/h4-8,15-18H,9-10H2,1-3H3/t15-,16+,17-,18-/m1/s1. The van der Waals surface area contributed by atoms with E-state index in [9.17, 15) is 14.4 Å². The lowest BCUT2D eigenvalue weighted by molar-refractivity contribution is -0.283. The molecule has 0 radical (unpaired) electrons. The summed E-state index contributed by atoms with van der Waals surface area (Å²) < 4.78 is 26.9. The first-order valence-corrected chi connectivity index (χ1v) is 8.15. The summed E-state index contributed by atoms with van der Waals surface area (Å²) in [4.78, 5) is 34.3. The Labute approximate surface area is 151 Å². The summed E-state index contributed by atoms with van der Waals surface area (Å²) in [5.41, 5.74) is 0.892. The van der Waals surface area contributed by atoms with Crippen LogP contribution in [0.3, 0.4) is 0 Å². The van der Waals surface area contributed by atoms with Crippen LogP contribution in [0.25, 0.3) is 0 Å². The number of hydrogen-bond donors (Lipinski definition) is 0. The van der Waals surface area contributed by atoms with Crippen LogP contribution in [0, 0.1) is 0 Å². The highest BCUT2D eigenvalue weighted by molar-refractivity contribution is 5.68. The Morgan fingerprint density at radius 3 is 2.08 bits per heavy atom. The van der Waals surface area contributed by atoms with E-state index in [0.29, 0.717) is 0 Å². The zero-order valence-electron chi connectivity index (χ0n) is 14.9. The Hall–Kier alpha value is -2.45. The monoisotopic (exact) mass is 366 g/mol. The summed E-state index contributed by atoms with van der Waals surface area (Å²) in [6.45, 7) is 3.80. The van der Waals surface area contributed by atoms with Crippen LogP contribution in [0.2, 0.25) is 0 Å². The predicted molar refractivity (Wildman–Crippen MR) is 87.6 cm³/mol. The van der Waals surface area contributed by atoms with E-state index in [2.05, 4.69) is 0 Å². The molecule has 4 atom stereocenters. The van der Waals surface area contributed by atoms with Crippen molar-refractivity contribution in [3.63, 3.8) is 0 Å². The molecule has 26 heavy (non-hydrogen) atoms. The average molecular weight is 366 g/mol. The van der Waals surface area contributed by atoms with E-state index in [1.165, 1.54) is 20.8 Å². The number of rotatable bonds is 6. The number of esters is 3. The van der Waals surface area contributed by atoms with Gasteiger partial charge in [-0.3, -0.25) is 14.4 Å². The second-order valence-corrected chi connectivity index (χ2v) is 5.79. The van der Waals surface area contributed by atoms with Crippen molar-refractivity contribution >= 4 is 17.9 Å². The summed E-state index contributed by atoms with van der Waals surface area (Å²) in [6.07, 6.45) is -3.99. The maximum atomic E-state index is 11.5. The van der Waals surface area contributed by atoms with Crippen molar-refractivity contribution in [2.45, 2.75) is 52.0 Å². The van der Waals surface area contributed by atoms with Crippen LogP contribution in [0.4, 0.5) is 0 Å². The van der Waals surface area contributed by atoms with Crippen LogP contribution in [0.15, 0.2) is 30.3 Å². The van der Waals surface area contributed by atoms with Gasteiger partial charge >= 0.3 is 17.9 Å². The highest BCUT2D eigenvalue weighted by Crippen LogP contribution is 2.26. The molecule has 0 bridgehead atoms. The largest absolute Gasteiger partial charge is 0.456 e. The lowest BCUT2D eigenvalue weighted by Crippen LogP contribution is -2.58. The van der Waals surface area contributed by atoms with E-state index in [1.54, 1.807) is 0 Å². The van der Waals surface area contributed by atoms with Gasteiger partial charge in [0.05, 0.1) is 13.2 Å². The molecule has 1 aromatic rings. The molecule has 8 nitrogen and oxygen atoms in total. The molecule has 0 unspecified atom stereocenters. The molecule has 0 saturated carbocycles. The maximum absolute atomic E-state index is 11.5. The zero-order chi connectivity index (χ0) is 19.1. The fourth-order valence-electron chi connectivity index (χ4n) is 2.60. The quantitative estimate of drug-likeness (QED) is 0.550. The topological polar surface area (TPSA) is 97.4 Å². The molecule has 1 aliphatic heterocycles. The van der Waals surface area contributed by atoms with Crippen LogP contribution < -0.4 is 0 Å². The molecule has 0 N–H and O–H groups in total. The normalized spacial score (nSPS) is 25.2. The van der Waals surface area contributed by atoms with E-state index >= 15 is 0 Å². The third kappa shape index (κ3) is 5.82. The van der Waals surface area contributed by atoms with Gasteiger partial charge in [-0.1, -0.05) is 30.3 Å². The third-order valence-electron chi connectivity index (χ3n) is 3.56. The third-order valence-corrected chi connectivity index (χ3v) is 3.56. The molecule has 1 aliphatic rings. The van der Waals surface area contributed by atoms with Crippen molar-refractivity contribution < 1.29 is 38.1 Å². The fourth-order valence-corrected chi connectivity index (χ4v) is 2.60. The lowest BCUT2D eigenvalue weighted by Gasteiger charge is -2.40. The summed E-state index contributed by atoms with van der Waals surface area (Å²) in [6, 6.07) is 9.34. The van der Waals surface area contributed by atoms with Gasteiger partial charge in [0, 0.05) is 20.8 Å². The highest BCUT2D eigenvalue weighted by atomic mass is 16.7. The first-order chi connectivity index (χ1) is 12.4. The molecular formula is C18H22O8. The second kappa shape index (κ2) is 9.30. The molecule has 1 aromatic carbocycles. The molecule has 1 heterocycles. The van der Waals surface area contributed by atoms with Crippen molar-refractivity contribution in [1.82, 2.24) is 0 Å². The number of benzene rings is 1. The maximum Gasteiger partial charge on any atom is 0.303 e. The summed E-state index contributed by atoms with van der Waals surface area (Å²) in [5, 5.41) is 0. The van der Waals surface area contributed by atoms with E-state index in [4.69, 9.17) is 23.7 Å². The first kappa shape index (κ1) is 19.9. The van der Waals surface area contributed by atoms with Gasteiger partial charge in [-0.05, 0) is 5.56 Å². The molecule has 142 valence electrons. The zero-order valence-corrected chi connectivity index (χ0v) is 14.9. The molecule has 2 rings (SSSR count). The SMILES string of the molecule is CC(=O)O[C@@H]1[C@@H](OC(C)=O)[C@H](OCc2ccccc2)OC[C@H]1OC(C)=O.